The van der Waals surface area contributed by atoms with Crippen molar-refractivity contribution in [1.29, 1.82) is 0 Å². The third-order valence-electron chi connectivity index (χ3n) is 4.80. The van der Waals surface area contributed by atoms with Crippen LogP contribution in [0.5, 0.6) is 0 Å². The minimum atomic E-state index is 0.315. The first-order valence-corrected chi connectivity index (χ1v) is 7.29. The minimum Gasteiger partial charge on any atom is -0.381 e. The zero-order chi connectivity index (χ0) is 13.2. The Morgan fingerprint density at radius 1 is 1.47 bits per heavy atom. The SMILES string of the molecule is CC1COCCC1C(NN)C1CCc2cccnc21. The number of hydrazine groups is 1. The molecule has 0 bridgehead atoms. The second-order valence-electron chi connectivity index (χ2n) is 5.89. The number of ether oxygens (including phenoxy) is 1. The Morgan fingerprint density at radius 2 is 2.37 bits per heavy atom. The number of hydrogen-bond donors (Lipinski definition) is 2. The Balaban J connectivity index is 1.83. The molecule has 1 aromatic rings. The maximum absolute atomic E-state index is 5.88. The third-order valence-corrected chi connectivity index (χ3v) is 4.80. The normalized spacial score (nSPS) is 32.0. The zero-order valence-corrected chi connectivity index (χ0v) is 11.5. The molecule has 3 rings (SSSR count). The summed E-state index contributed by atoms with van der Waals surface area (Å²) < 4.78 is 5.55. The van der Waals surface area contributed by atoms with E-state index in [1.54, 1.807) is 0 Å². The molecule has 1 aliphatic carbocycles. The van der Waals surface area contributed by atoms with E-state index in [9.17, 15) is 0 Å². The van der Waals surface area contributed by atoms with E-state index in [4.69, 9.17) is 10.6 Å². The Morgan fingerprint density at radius 3 is 3.16 bits per heavy atom. The monoisotopic (exact) mass is 261 g/mol. The van der Waals surface area contributed by atoms with Crippen molar-refractivity contribution >= 4 is 0 Å². The number of nitrogens with zero attached hydrogens (tertiary/aromatic N) is 1. The molecule has 0 aromatic carbocycles. The van der Waals surface area contributed by atoms with E-state index in [0.29, 0.717) is 23.8 Å². The highest BCUT2D eigenvalue weighted by Gasteiger charge is 2.38. The Labute approximate surface area is 114 Å². The van der Waals surface area contributed by atoms with Crippen molar-refractivity contribution in [3.8, 4) is 0 Å². The summed E-state index contributed by atoms with van der Waals surface area (Å²) in [6, 6.07) is 4.54. The summed E-state index contributed by atoms with van der Waals surface area (Å²) in [6.07, 6.45) is 5.28. The van der Waals surface area contributed by atoms with Gasteiger partial charge in [0, 0.05) is 37.1 Å². The molecule has 3 N–H and O–H groups in total. The lowest BCUT2D eigenvalue weighted by atomic mass is 9.77. The lowest BCUT2D eigenvalue weighted by Gasteiger charge is -2.37. The van der Waals surface area contributed by atoms with Gasteiger partial charge >= 0.3 is 0 Å². The number of fused-ring (bicyclic) bond motifs is 1. The van der Waals surface area contributed by atoms with Crippen LogP contribution in [0.15, 0.2) is 18.3 Å². The van der Waals surface area contributed by atoms with Gasteiger partial charge in [0.1, 0.15) is 0 Å². The van der Waals surface area contributed by atoms with Gasteiger partial charge in [-0.1, -0.05) is 13.0 Å². The van der Waals surface area contributed by atoms with E-state index in [1.807, 2.05) is 12.3 Å². The number of nitrogens with two attached hydrogens (primary N) is 1. The smallest absolute Gasteiger partial charge is 0.0494 e. The van der Waals surface area contributed by atoms with Crippen LogP contribution in [0.2, 0.25) is 0 Å². The first kappa shape index (κ1) is 13.0. The van der Waals surface area contributed by atoms with Gasteiger partial charge in [0.05, 0.1) is 0 Å². The van der Waals surface area contributed by atoms with Gasteiger partial charge in [-0.25, -0.2) is 0 Å². The van der Waals surface area contributed by atoms with Crippen molar-refractivity contribution in [2.75, 3.05) is 13.2 Å². The van der Waals surface area contributed by atoms with E-state index in [-0.39, 0.29) is 0 Å². The number of aromatic nitrogens is 1. The van der Waals surface area contributed by atoms with E-state index >= 15 is 0 Å². The molecule has 1 aromatic heterocycles. The molecule has 19 heavy (non-hydrogen) atoms. The summed E-state index contributed by atoms with van der Waals surface area (Å²) in [4.78, 5) is 4.60. The molecule has 2 heterocycles. The van der Waals surface area contributed by atoms with Crippen molar-refractivity contribution in [3.63, 3.8) is 0 Å². The molecule has 1 fully saturated rings. The number of rotatable bonds is 3. The molecule has 0 amide bonds. The molecular weight excluding hydrogens is 238 g/mol. The Bertz CT molecular complexity index is 437. The van der Waals surface area contributed by atoms with Crippen LogP contribution in [0, 0.1) is 11.8 Å². The maximum atomic E-state index is 5.88. The molecule has 2 aliphatic rings. The topological polar surface area (TPSA) is 60.2 Å². The molecule has 4 unspecified atom stereocenters. The highest BCUT2D eigenvalue weighted by Crippen LogP contribution is 2.39. The van der Waals surface area contributed by atoms with E-state index in [1.165, 1.54) is 11.3 Å². The van der Waals surface area contributed by atoms with Crippen LogP contribution in [0.25, 0.3) is 0 Å². The molecule has 4 heteroatoms. The van der Waals surface area contributed by atoms with Crippen molar-refractivity contribution in [3.05, 3.63) is 29.6 Å². The quantitative estimate of drug-likeness (QED) is 0.641. The molecule has 0 saturated carbocycles. The molecule has 1 aliphatic heterocycles. The van der Waals surface area contributed by atoms with Crippen LogP contribution in [-0.4, -0.2) is 24.2 Å². The first-order chi connectivity index (χ1) is 9.31. The fourth-order valence-electron chi connectivity index (χ4n) is 3.76. The van der Waals surface area contributed by atoms with Gasteiger partial charge in [-0.05, 0) is 42.7 Å². The van der Waals surface area contributed by atoms with Gasteiger partial charge in [-0.2, -0.15) is 0 Å². The highest BCUT2D eigenvalue weighted by atomic mass is 16.5. The zero-order valence-electron chi connectivity index (χ0n) is 11.5. The van der Waals surface area contributed by atoms with Gasteiger partial charge < -0.3 is 4.74 Å². The van der Waals surface area contributed by atoms with Gasteiger partial charge in [-0.3, -0.25) is 16.3 Å². The van der Waals surface area contributed by atoms with Gasteiger partial charge in [0.15, 0.2) is 0 Å². The summed E-state index contributed by atoms with van der Waals surface area (Å²) in [7, 11) is 0. The van der Waals surface area contributed by atoms with Gasteiger partial charge in [0.2, 0.25) is 0 Å². The Hall–Kier alpha value is -0.970. The molecule has 4 atom stereocenters. The predicted molar refractivity (Wildman–Crippen MR) is 74.5 cm³/mol. The van der Waals surface area contributed by atoms with Crippen molar-refractivity contribution in [2.24, 2.45) is 17.7 Å². The van der Waals surface area contributed by atoms with Crippen molar-refractivity contribution in [1.82, 2.24) is 10.4 Å². The lowest BCUT2D eigenvalue weighted by molar-refractivity contribution is 0.00692. The standard InChI is InChI=1S/C15H23N3O/c1-10-9-19-8-6-12(10)15(18-16)13-5-4-11-3-2-7-17-14(11)13/h2-3,7,10,12-13,15,18H,4-6,8-9,16H2,1H3. The largest absolute Gasteiger partial charge is 0.381 e. The third kappa shape index (κ3) is 2.40. The van der Waals surface area contributed by atoms with Crippen LogP contribution in [0.3, 0.4) is 0 Å². The average molecular weight is 261 g/mol. The van der Waals surface area contributed by atoms with Crippen LogP contribution in [0.4, 0.5) is 0 Å². The number of hydrogen-bond acceptors (Lipinski definition) is 4. The first-order valence-electron chi connectivity index (χ1n) is 7.29. The minimum absolute atomic E-state index is 0.315. The van der Waals surface area contributed by atoms with Crippen LogP contribution >= 0.6 is 0 Å². The summed E-state index contributed by atoms with van der Waals surface area (Å²) in [5.74, 6) is 7.47. The maximum Gasteiger partial charge on any atom is 0.0494 e. The lowest BCUT2D eigenvalue weighted by Crippen LogP contribution is -2.49. The molecular formula is C15H23N3O. The fraction of sp³-hybridized carbons (Fsp3) is 0.667. The molecule has 0 radical (unpaired) electrons. The number of nitrogens with one attached hydrogen (secondary N) is 1. The summed E-state index contributed by atoms with van der Waals surface area (Å²) in [6.45, 7) is 3.97. The van der Waals surface area contributed by atoms with Crippen molar-refractivity contribution in [2.45, 2.75) is 38.1 Å². The van der Waals surface area contributed by atoms with Gasteiger partial charge in [-0.15, -0.1) is 0 Å². The van der Waals surface area contributed by atoms with E-state index in [0.717, 1.165) is 32.5 Å². The van der Waals surface area contributed by atoms with E-state index < -0.39 is 0 Å². The van der Waals surface area contributed by atoms with Crippen LogP contribution in [-0.2, 0) is 11.2 Å². The molecule has 0 spiro atoms. The van der Waals surface area contributed by atoms with Gasteiger partial charge in [0.25, 0.3) is 0 Å². The molecule has 104 valence electrons. The molecule has 1 saturated heterocycles. The Kier molecular flexibility index (Phi) is 3.82. The average Bonchev–Trinajstić information content (AvgIpc) is 2.86. The van der Waals surface area contributed by atoms with E-state index in [2.05, 4.69) is 23.4 Å². The summed E-state index contributed by atoms with van der Waals surface area (Å²) in [5, 5.41) is 0. The second kappa shape index (κ2) is 5.57. The summed E-state index contributed by atoms with van der Waals surface area (Å²) >= 11 is 0. The summed E-state index contributed by atoms with van der Waals surface area (Å²) in [5.41, 5.74) is 5.74. The highest BCUT2D eigenvalue weighted by molar-refractivity contribution is 5.30. The fourth-order valence-corrected chi connectivity index (χ4v) is 3.76. The second-order valence-corrected chi connectivity index (χ2v) is 5.89. The predicted octanol–water partition coefficient (Wildman–Crippen LogP) is 1.62. The number of aryl methyl sites for hydroxylation is 1. The van der Waals surface area contributed by atoms with Crippen molar-refractivity contribution < 1.29 is 4.74 Å². The molecule has 4 nitrogen and oxygen atoms in total. The van der Waals surface area contributed by atoms with Crippen LogP contribution in [0.1, 0.15) is 36.9 Å². The van der Waals surface area contributed by atoms with Crippen LogP contribution < -0.4 is 11.3 Å². The number of pyridine rings is 1.